The van der Waals surface area contributed by atoms with E-state index in [-0.39, 0.29) is 12.3 Å². The zero-order chi connectivity index (χ0) is 13.7. The summed E-state index contributed by atoms with van der Waals surface area (Å²) >= 11 is 0. The fraction of sp³-hybridized carbons (Fsp3) is 1.00. The standard InChI is InChI=1S/C10H23NO6/c1-8(2)3-10(16,17)11(7-15)9(4-12,5-13)6-14/h8,12-17H,3-7H2,1-2H3. The molecular weight excluding hydrogens is 230 g/mol. The molecule has 0 aromatic carbocycles. The van der Waals surface area contributed by atoms with Crippen molar-refractivity contribution < 1.29 is 30.6 Å². The van der Waals surface area contributed by atoms with Gasteiger partial charge in [0.2, 0.25) is 5.91 Å². The minimum absolute atomic E-state index is 0.0900. The van der Waals surface area contributed by atoms with Crippen LogP contribution < -0.4 is 0 Å². The van der Waals surface area contributed by atoms with Crippen molar-refractivity contribution in [2.45, 2.75) is 31.7 Å². The molecule has 7 heteroatoms. The van der Waals surface area contributed by atoms with Crippen LogP contribution in [-0.2, 0) is 0 Å². The highest BCUT2D eigenvalue weighted by Crippen LogP contribution is 2.26. The van der Waals surface area contributed by atoms with Crippen LogP contribution in [0.3, 0.4) is 0 Å². The van der Waals surface area contributed by atoms with Gasteiger partial charge in [0.25, 0.3) is 0 Å². The highest BCUT2D eigenvalue weighted by atomic mass is 16.5. The Bertz CT molecular complexity index is 209. The second-order valence-corrected chi connectivity index (χ2v) is 4.64. The molecule has 0 aliphatic heterocycles. The second kappa shape index (κ2) is 6.60. The maximum atomic E-state index is 9.86. The molecule has 0 heterocycles. The van der Waals surface area contributed by atoms with E-state index in [0.717, 1.165) is 0 Å². The molecule has 0 amide bonds. The minimum atomic E-state index is -2.42. The number of hydrogen-bond donors (Lipinski definition) is 6. The molecule has 0 aromatic heterocycles. The summed E-state index contributed by atoms with van der Waals surface area (Å²) in [4.78, 5) is 0.681. The van der Waals surface area contributed by atoms with Crippen LogP contribution in [0, 0.1) is 5.92 Å². The van der Waals surface area contributed by atoms with E-state index in [1.54, 1.807) is 13.8 Å². The number of nitrogens with zero attached hydrogens (tertiary/aromatic N) is 1. The van der Waals surface area contributed by atoms with E-state index in [9.17, 15) is 30.6 Å². The van der Waals surface area contributed by atoms with Gasteiger partial charge in [0, 0.05) is 6.42 Å². The van der Waals surface area contributed by atoms with Gasteiger partial charge < -0.3 is 30.6 Å². The smallest absolute Gasteiger partial charge is 0.227 e. The molecule has 17 heavy (non-hydrogen) atoms. The SMILES string of the molecule is CC(C)CC(O)(O)N(CO)C(CO)(CO)CO. The molecule has 7 nitrogen and oxygen atoms in total. The van der Waals surface area contributed by atoms with Gasteiger partial charge in [-0.2, -0.15) is 0 Å². The molecule has 0 unspecified atom stereocenters. The van der Waals surface area contributed by atoms with Gasteiger partial charge in [-0.25, -0.2) is 4.90 Å². The van der Waals surface area contributed by atoms with Crippen LogP contribution in [-0.4, -0.2) is 73.5 Å². The van der Waals surface area contributed by atoms with Crippen LogP contribution in [0.25, 0.3) is 0 Å². The Labute approximate surface area is 101 Å². The first-order valence-electron chi connectivity index (χ1n) is 5.45. The van der Waals surface area contributed by atoms with E-state index in [2.05, 4.69) is 0 Å². The summed E-state index contributed by atoms with van der Waals surface area (Å²) in [7, 11) is 0. The monoisotopic (exact) mass is 253 g/mol. The van der Waals surface area contributed by atoms with Crippen molar-refractivity contribution in [1.29, 1.82) is 0 Å². The molecule has 0 aliphatic rings. The van der Waals surface area contributed by atoms with Gasteiger partial charge in [-0.15, -0.1) is 0 Å². The van der Waals surface area contributed by atoms with Gasteiger partial charge >= 0.3 is 0 Å². The third-order valence-corrected chi connectivity index (χ3v) is 2.71. The summed E-state index contributed by atoms with van der Waals surface area (Å²) in [6.45, 7) is 0.510. The first-order valence-corrected chi connectivity index (χ1v) is 5.45. The summed E-state index contributed by atoms with van der Waals surface area (Å²) < 4.78 is 0. The van der Waals surface area contributed by atoms with Crippen molar-refractivity contribution in [3.8, 4) is 0 Å². The Morgan fingerprint density at radius 2 is 1.35 bits per heavy atom. The zero-order valence-electron chi connectivity index (χ0n) is 10.2. The Hall–Kier alpha value is -0.280. The normalized spacial score (nSPS) is 13.8. The topological polar surface area (TPSA) is 125 Å². The van der Waals surface area contributed by atoms with E-state index in [1.807, 2.05) is 0 Å². The van der Waals surface area contributed by atoms with Crippen molar-refractivity contribution >= 4 is 0 Å². The largest absolute Gasteiger partial charge is 0.394 e. The molecule has 0 atom stereocenters. The van der Waals surface area contributed by atoms with Gasteiger partial charge in [-0.05, 0) is 5.92 Å². The average Bonchev–Trinajstić information content (AvgIpc) is 2.23. The lowest BCUT2D eigenvalue weighted by atomic mass is 9.97. The van der Waals surface area contributed by atoms with E-state index in [1.165, 1.54) is 0 Å². The predicted molar refractivity (Wildman–Crippen MR) is 59.5 cm³/mol. The minimum Gasteiger partial charge on any atom is -0.394 e. The second-order valence-electron chi connectivity index (χ2n) is 4.64. The van der Waals surface area contributed by atoms with E-state index in [0.29, 0.717) is 4.90 Å². The van der Waals surface area contributed by atoms with Crippen molar-refractivity contribution in [3.05, 3.63) is 0 Å². The highest BCUT2D eigenvalue weighted by Gasteiger charge is 2.46. The molecule has 0 saturated carbocycles. The fourth-order valence-electron chi connectivity index (χ4n) is 1.71. The van der Waals surface area contributed by atoms with Crippen molar-refractivity contribution in [1.82, 2.24) is 4.90 Å². The van der Waals surface area contributed by atoms with Gasteiger partial charge in [0.15, 0.2) is 0 Å². The van der Waals surface area contributed by atoms with E-state index >= 15 is 0 Å². The number of hydrogen-bond acceptors (Lipinski definition) is 7. The molecular formula is C10H23NO6. The van der Waals surface area contributed by atoms with Crippen LogP contribution in [0.2, 0.25) is 0 Å². The van der Waals surface area contributed by atoms with Gasteiger partial charge in [-0.3, -0.25) is 0 Å². The third-order valence-electron chi connectivity index (χ3n) is 2.71. The number of aliphatic hydroxyl groups is 6. The number of rotatable bonds is 8. The first kappa shape index (κ1) is 16.7. The third kappa shape index (κ3) is 3.85. The maximum Gasteiger partial charge on any atom is 0.227 e. The lowest BCUT2D eigenvalue weighted by Gasteiger charge is -2.46. The Morgan fingerprint density at radius 3 is 1.59 bits per heavy atom. The van der Waals surface area contributed by atoms with Crippen LogP contribution >= 0.6 is 0 Å². The quantitative estimate of drug-likeness (QED) is 0.267. The Kier molecular flexibility index (Phi) is 6.49. The lowest BCUT2D eigenvalue weighted by Crippen LogP contribution is -2.66. The Morgan fingerprint density at radius 1 is 0.941 bits per heavy atom. The van der Waals surface area contributed by atoms with Crippen molar-refractivity contribution in [2.24, 2.45) is 5.92 Å². The lowest BCUT2D eigenvalue weighted by molar-refractivity contribution is -0.324. The molecule has 0 bridgehead atoms. The zero-order valence-corrected chi connectivity index (χ0v) is 10.2. The molecule has 0 radical (unpaired) electrons. The molecule has 6 N–H and O–H groups in total. The molecule has 0 spiro atoms. The van der Waals surface area contributed by atoms with E-state index in [4.69, 9.17) is 0 Å². The number of aliphatic hydroxyl groups excluding tert-OH is 4. The summed E-state index contributed by atoms with van der Waals surface area (Å²) in [6.07, 6.45) is -0.102. The molecule has 0 aliphatic carbocycles. The predicted octanol–water partition coefficient (Wildman–Crippen LogP) is -2.36. The summed E-state index contributed by atoms with van der Waals surface area (Å²) in [5, 5.41) is 56.4. The summed E-state index contributed by atoms with van der Waals surface area (Å²) in [5.41, 5.74) is -1.69. The molecule has 104 valence electrons. The Balaban J connectivity index is 5.14. The fourth-order valence-corrected chi connectivity index (χ4v) is 1.71. The van der Waals surface area contributed by atoms with Crippen molar-refractivity contribution in [2.75, 3.05) is 26.6 Å². The van der Waals surface area contributed by atoms with Gasteiger partial charge in [0.05, 0.1) is 25.4 Å². The molecule has 0 saturated heterocycles. The summed E-state index contributed by atoms with van der Waals surface area (Å²) in [6, 6.07) is 0. The van der Waals surface area contributed by atoms with Crippen LogP contribution in [0.5, 0.6) is 0 Å². The average molecular weight is 253 g/mol. The van der Waals surface area contributed by atoms with Crippen LogP contribution in [0.1, 0.15) is 20.3 Å². The molecule has 0 rings (SSSR count). The van der Waals surface area contributed by atoms with Crippen molar-refractivity contribution in [3.63, 3.8) is 0 Å². The first-order chi connectivity index (χ1) is 7.79. The van der Waals surface area contributed by atoms with Gasteiger partial charge in [-0.1, -0.05) is 13.8 Å². The molecule has 0 aromatic rings. The maximum absolute atomic E-state index is 9.86. The highest BCUT2D eigenvalue weighted by molar-refractivity contribution is 4.91. The van der Waals surface area contributed by atoms with Crippen LogP contribution in [0.4, 0.5) is 0 Å². The molecule has 0 fully saturated rings. The van der Waals surface area contributed by atoms with Gasteiger partial charge in [0.1, 0.15) is 6.73 Å². The summed E-state index contributed by atoms with van der Waals surface area (Å²) in [5.74, 6) is -2.51. The van der Waals surface area contributed by atoms with Crippen LogP contribution in [0.15, 0.2) is 0 Å². The van der Waals surface area contributed by atoms with E-state index < -0.39 is 38.0 Å².